The molecule has 0 amide bonds. The molecule has 4 heteroatoms. The van der Waals surface area contributed by atoms with Crippen molar-refractivity contribution in [3.8, 4) is 11.6 Å². The van der Waals surface area contributed by atoms with Gasteiger partial charge >= 0.3 is 0 Å². The maximum absolute atomic E-state index is 5.45. The van der Waals surface area contributed by atoms with E-state index in [2.05, 4.69) is 31.1 Å². The van der Waals surface area contributed by atoms with Crippen molar-refractivity contribution in [2.75, 3.05) is 13.2 Å². The van der Waals surface area contributed by atoms with E-state index in [0.29, 0.717) is 19.0 Å². The predicted octanol–water partition coefficient (Wildman–Crippen LogP) is 2.14. The Morgan fingerprint density at radius 2 is 2.06 bits per heavy atom. The van der Waals surface area contributed by atoms with Crippen LogP contribution in [-0.4, -0.2) is 22.9 Å². The van der Waals surface area contributed by atoms with Crippen molar-refractivity contribution in [1.82, 2.24) is 9.78 Å². The SMILES string of the molecule is Cc1cccc(-n2nc(OCCN)cc2C)c1C. The van der Waals surface area contributed by atoms with E-state index in [1.807, 2.05) is 23.7 Å². The van der Waals surface area contributed by atoms with Crippen molar-refractivity contribution >= 4 is 0 Å². The van der Waals surface area contributed by atoms with Crippen LogP contribution in [-0.2, 0) is 0 Å². The number of rotatable bonds is 4. The number of hydrogen-bond acceptors (Lipinski definition) is 3. The minimum Gasteiger partial charge on any atom is -0.475 e. The summed E-state index contributed by atoms with van der Waals surface area (Å²) in [6, 6.07) is 8.13. The zero-order valence-electron chi connectivity index (χ0n) is 11.1. The molecule has 0 aliphatic heterocycles. The summed E-state index contributed by atoms with van der Waals surface area (Å²) in [5, 5.41) is 4.46. The van der Waals surface area contributed by atoms with Crippen molar-refractivity contribution < 1.29 is 4.74 Å². The summed E-state index contributed by atoms with van der Waals surface area (Å²) < 4.78 is 7.36. The Morgan fingerprint density at radius 1 is 1.28 bits per heavy atom. The summed E-state index contributed by atoms with van der Waals surface area (Å²) in [5.41, 5.74) is 10.0. The first-order chi connectivity index (χ1) is 8.63. The lowest BCUT2D eigenvalue weighted by Crippen LogP contribution is -2.11. The van der Waals surface area contributed by atoms with E-state index in [0.717, 1.165) is 11.4 Å². The highest BCUT2D eigenvalue weighted by Gasteiger charge is 2.09. The van der Waals surface area contributed by atoms with E-state index >= 15 is 0 Å². The van der Waals surface area contributed by atoms with Gasteiger partial charge in [0.2, 0.25) is 5.88 Å². The van der Waals surface area contributed by atoms with Crippen molar-refractivity contribution in [2.45, 2.75) is 20.8 Å². The van der Waals surface area contributed by atoms with E-state index in [4.69, 9.17) is 10.5 Å². The maximum atomic E-state index is 5.45. The molecular formula is C14H19N3O. The van der Waals surface area contributed by atoms with Gasteiger partial charge in [0, 0.05) is 18.3 Å². The van der Waals surface area contributed by atoms with Gasteiger partial charge in [-0.1, -0.05) is 12.1 Å². The summed E-state index contributed by atoms with van der Waals surface area (Å²) >= 11 is 0. The van der Waals surface area contributed by atoms with Crippen LogP contribution in [0.1, 0.15) is 16.8 Å². The molecule has 96 valence electrons. The molecule has 1 aromatic heterocycles. The zero-order valence-corrected chi connectivity index (χ0v) is 11.1. The standard InChI is InChI=1S/C14H19N3O/c1-10-5-4-6-13(12(10)3)17-11(2)9-14(16-17)18-8-7-15/h4-6,9H,7-8,15H2,1-3H3. The molecule has 2 aromatic rings. The van der Waals surface area contributed by atoms with Gasteiger partial charge in [-0.05, 0) is 38.0 Å². The second-order valence-corrected chi connectivity index (χ2v) is 4.39. The molecule has 0 aliphatic rings. The highest BCUT2D eigenvalue weighted by Crippen LogP contribution is 2.21. The Kier molecular flexibility index (Phi) is 3.67. The topological polar surface area (TPSA) is 53.1 Å². The quantitative estimate of drug-likeness (QED) is 0.897. The molecule has 2 N–H and O–H groups in total. The number of benzene rings is 1. The molecule has 0 bridgehead atoms. The lowest BCUT2D eigenvalue weighted by molar-refractivity contribution is 0.313. The molecule has 1 aromatic carbocycles. The van der Waals surface area contributed by atoms with Crippen LogP contribution in [0.3, 0.4) is 0 Å². The Labute approximate surface area is 107 Å². The number of aromatic nitrogens is 2. The molecular weight excluding hydrogens is 226 g/mol. The molecule has 0 radical (unpaired) electrons. The Bertz CT molecular complexity index is 546. The minimum absolute atomic E-state index is 0.489. The lowest BCUT2D eigenvalue weighted by atomic mass is 10.1. The van der Waals surface area contributed by atoms with Crippen LogP contribution < -0.4 is 10.5 Å². The molecule has 1 heterocycles. The van der Waals surface area contributed by atoms with Crippen molar-refractivity contribution in [3.05, 3.63) is 41.1 Å². The van der Waals surface area contributed by atoms with Crippen LogP contribution in [0, 0.1) is 20.8 Å². The molecule has 0 aliphatic carbocycles. The molecule has 0 spiro atoms. The van der Waals surface area contributed by atoms with Crippen LogP contribution in [0.2, 0.25) is 0 Å². The normalized spacial score (nSPS) is 10.7. The average molecular weight is 245 g/mol. The molecule has 0 fully saturated rings. The molecule has 0 atom stereocenters. The summed E-state index contributed by atoms with van der Waals surface area (Å²) in [5.74, 6) is 0.624. The summed E-state index contributed by atoms with van der Waals surface area (Å²) in [6.07, 6.45) is 0. The highest BCUT2D eigenvalue weighted by atomic mass is 16.5. The van der Waals surface area contributed by atoms with Gasteiger partial charge in [-0.25, -0.2) is 4.68 Å². The Balaban J connectivity index is 2.38. The first-order valence-corrected chi connectivity index (χ1v) is 6.09. The second kappa shape index (κ2) is 5.23. The minimum atomic E-state index is 0.489. The third kappa shape index (κ3) is 2.38. The molecule has 2 rings (SSSR count). The lowest BCUT2D eigenvalue weighted by Gasteiger charge is -2.09. The predicted molar refractivity (Wildman–Crippen MR) is 72.3 cm³/mol. The third-order valence-corrected chi connectivity index (χ3v) is 3.04. The second-order valence-electron chi connectivity index (χ2n) is 4.39. The van der Waals surface area contributed by atoms with E-state index in [1.165, 1.54) is 11.1 Å². The number of nitrogens with two attached hydrogens (primary N) is 1. The van der Waals surface area contributed by atoms with Crippen LogP contribution in [0.25, 0.3) is 5.69 Å². The van der Waals surface area contributed by atoms with Gasteiger partial charge < -0.3 is 10.5 Å². The van der Waals surface area contributed by atoms with Gasteiger partial charge in [-0.3, -0.25) is 0 Å². The average Bonchev–Trinajstić information content (AvgIpc) is 2.71. The van der Waals surface area contributed by atoms with Gasteiger partial charge in [-0.2, -0.15) is 0 Å². The molecule has 18 heavy (non-hydrogen) atoms. The van der Waals surface area contributed by atoms with Gasteiger partial charge in [0.1, 0.15) is 6.61 Å². The van der Waals surface area contributed by atoms with Crippen molar-refractivity contribution in [2.24, 2.45) is 5.73 Å². The fraction of sp³-hybridized carbons (Fsp3) is 0.357. The number of hydrogen-bond donors (Lipinski definition) is 1. The largest absolute Gasteiger partial charge is 0.475 e. The van der Waals surface area contributed by atoms with Crippen molar-refractivity contribution in [1.29, 1.82) is 0 Å². The molecule has 0 unspecified atom stereocenters. The maximum Gasteiger partial charge on any atom is 0.233 e. The van der Waals surface area contributed by atoms with Gasteiger partial charge in [-0.15, -0.1) is 5.10 Å². The number of nitrogens with zero attached hydrogens (tertiary/aromatic N) is 2. The summed E-state index contributed by atoms with van der Waals surface area (Å²) in [6.45, 7) is 7.21. The first-order valence-electron chi connectivity index (χ1n) is 6.09. The number of aryl methyl sites for hydroxylation is 2. The fourth-order valence-electron chi connectivity index (χ4n) is 1.89. The van der Waals surface area contributed by atoms with E-state index in [-0.39, 0.29) is 0 Å². The Morgan fingerprint density at radius 3 is 2.78 bits per heavy atom. The fourth-order valence-corrected chi connectivity index (χ4v) is 1.89. The highest BCUT2D eigenvalue weighted by molar-refractivity contribution is 5.45. The smallest absolute Gasteiger partial charge is 0.233 e. The van der Waals surface area contributed by atoms with E-state index < -0.39 is 0 Å². The molecule has 0 saturated carbocycles. The van der Waals surface area contributed by atoms with Crippen LogP contribution in [0.15, 0.2) is 24.3 Å². The Hall–Kier alpha value is -1.81. The van der Waals surface area contributed by atoms with E-state index in [9.17, 15) is 0 Å². The molecule has 4 nitrogen and oxygen atoms in total. The van der Waals surface area contributed by atoms with Gasteiger partial charge in [0.15, 0.2) is 0 Å². The van der Waals surface area contributed by atoms with Crippen LogP contribution in [0.5, 0.6) is 5.88 Å². The third-order valence-electron chi connectivity index (χ3n) is 3.04. The van der Waals surface area contributed by atoms with Gasteiger partial charge in [0.05, 0.1) is 5.69 Å². The van der Waals surface area contributed by atoms with Gasteiger partial charge in [0.25, 0.3) is 0 Å². The van der Waals surface area contributed by atoms with E-state index in [1.54, 1.807) is 0 Å². The van der Waals surface area contributed by atoms with Crippen LogP contribution in [0.4, 0.5) is 0 Å². The number of ether oxygens (including phenoxy) is 1. The first kappa shape index (κ1) is 12.6. The van der Waals surface area contributed by atoms with Crippen LogP contribution >= 0.6 is 0 Å². The molecule has 0 saturated heterocycles. The summed E-state index contributed by atoms with van der Waals surface area (Å²) in [4.78, 5) is 0. The van der Waals surface area contributed by atoms with Crippen molar-refractivity contribution in [3.63, 3.8) is 0 Å². The summed E-state index contributed by atoms with van der Waals surface area (Å²) in [7, 11) is 0. The monoisotopic (exact) mass is 245 g/mol. The zero-order chi connectivity index (χ0) is 13.1.